The third-order valence-corrected chi connectivity index (χ3v) is 3.12. The highest BCUT2D eigenvalue weighted by molar-refractivity contribution is 6.06. The van der Waals surface area contributed by atoms with Crippen molar-refractivity contribution in [3.63, 3.8) is 0 Å². The summed E-state index contributed by atoms with van der Waals surface area (Å²) in [4.78, 5) is 21.2. The Morgan fingerprint density at radius 2 is 2.30 bits per heavy atom. The van der Waals surface area contributed by atoms with Crippen molar-refractivity contribution in [3.05, 3.63) is 28.6 Å². The first-order valence-electron chi connectivity index (χ1n) is 6.29. The molecule has 0 fully saturated rings. The van der Waals surface area contributed by atoms with Gasteiger partial charge in [-0.3, -0.25) is 20.5 Å². The van der Waals surface area contributed by atoms with Crippen molar-refractivity contribution in [2.24, 2.45) is 10.9 Å². The number of nitrogens with two attached hydrogens (primary N) is 1. The molecule has 4 N–H and O–H groups in total. The molecule has 0 unspecified atom stereocenters. The van der Waals surface area contributed by atoms with Gasteiger partial charge in [-0.05, 0) is 37.8 Å². The highest BCUT2D eigenvalue weighted by Gasteiger charge is 2.21. The van der Waals surface area contributed by atoms with E-state index >= 15 is 0 Å². The van der Waals surface area contributed by atoms with E-state index in [1.807, 2.05) is 0 Å². The van der Waals surface area contributed by atoms with Crippen LogP contribution in [0.5, 0.6) is 0 Å². The van der Waals surface area contributed by atoms with Gasteiger partial charge in [0, 0.05) is 0 Å². The Morgan fingerprint density at radius 3 is 2.95 bits per heavy atom. The van der Waals surface area contributed by atoms with Crippen LogP contribution in [0.2, 0.25) is 0 Å². The molecule has 1 aliphatic rings. The predicted molar refractivity (Wildman–Crippen MR) is 74.8 cm³/mol. The molecule has 0 radical (unpaired) electrons. The number of pyridine rings is 1. The van der Waals surface area contributed by atoms with E-state index in [0.29, 0.717) is 11.3 Å². The van der Waals surface area contributed by atoms with Crippen LogP contribution in [0.4, 0.5) is 0 Å². The number of nitrogens with one attached hydrogen (secondary N) is 2. The number of nitrogens with zero attached hydrogens (tertiary/aromatic N) is 2. The van der Waals surface area contributed by atoms with Crippen molar-refractivity contribution in [1.29, 1.82) is 5.41 Å². The minimum Gasteiger partial charge on any atom is -0.399 e. The number of carbonyl (C=O) groups is 1. The lowest BCUT2D eigenvalue weighted by molar-refractivity contribution is 0.0975. The fraction of sp³-hybridized carbons (Fsp3) is 0.385. The maximum absolute atomic E-state index is 11.9. The molecule has 7 heteroatoms. The highest BCUT2D eigenvalue weighted by atomic mass is 16.6. The number of fused-ring (bicyclic) bond motifs is 1. The molecular weight excluding hydrogens is 258 g/mol. The number of aryl methyl sites for hydroxylation is 2. The molecular formula is C13H17N5O2. The van der Waals surface area contributed by atoms with Gasteiger partial charge < -0.3 is 10.6 Å². The Hall–Kier alpha value is -2.44. The van der Waals surface area contributed by atoms with Crippen LogP contribution < -0.4 is 11.1 Å². The number of oxime groups is 1. The van der Waals surface area contributed by atoms with Gasteiger partial charge >= 0.3 is 0 Å². The van der Waals surface area contributed by atoms with Gasteiger partial charge in [0.25, 0.3) is 5.91 Å². The summed E-state index contributed by atoms with van der Waals surface area (Å²) in [5, 5.41) is 13.4. The lowest BCUT2D eigenvalue weighted by Gasteiger charge is -2.18. The molecule has 0 saturated carbocycles. The molecule has 1 amide bonds. The van der Waals surface area contributed by atoms with Crippen molar-refractivity contribution >= 4 is 17.6 Å². The minimum atomic E-state index is -0.416. The number of rotatable bonds is 2. The first kappa shape index (κ1) is 14.0. The van der Waals surface area contributed by atoms with Crippen LogP contribution in [0.1, 0.15) is 40.2 Å². The summed E-state index contributed by atoms with van der Waals surface area (Å²) >= 11 is 0. The van der Waals surface area contributed by atoms with Crippen LogP contribution in [-0.4, -0.2) is 29.7 Å². The van der Waals surface area contributed by atoms with E-state index in [9.17, 15) is 4.79 Å². The molecule has 0 aliphatic heterocycles. The fourth-order valence-electron chi connectivity index (χ4n) is 2.27. The third-order valence-electron chi connectivity index (χ3n) is 3.12. The maximum Gasteiger partial charge on any atom is 0.259 e. The zero-order chi connectivity index (χ0) is 14.7. The molecule has 0 saturated heterocycles. The van der Waals surface area contributed by atoms with Crippen molar-refractivity contribution in [2.75, 3.05) is 7.11 Å². The molecule has 1 heterocycles. The van der Waals surface area contributed by atoms with E-state index in [0.717, 1.165) is 36.2 Å². The molecule has 0 bridgehead atoms. The Morgan fingerprint density at radius 1 is 1.55 bits per heavy atom. The number of guanidine groups is 1. The molecule has 20 heavy (non-hydrogen) atoms. The van der Waals surface area contributed by atoms with E-state index in [1.165, 1.54) is 7.11 Å². The normalized spacial score (nSPS) is 15.6. The van der Waals surface area contributed by atoms with Crippen molar-refractivity contribution < 1.29 is 9.63 Å². The molecule has 0 atom stereocenters. The summed E-state index contributed by atoms with van der Waals surface area (Å²) in [6.07, 6.45) is 2.59. The van der Waals surface area contributed by atoms with Crippen LogP contribution in [-0.2, 0) is 11.3 Å². The average molecular weight is 275 g/mol. The summed E-state index contributed by atoms with van der Waals surface area (Å²) < 4.78 is 0. The summed E-state index contributed by atoms with van der Waals surface area (Å²) in [5.41, 5.74) is 8.73. The summed E-state index contributed by atoms with van der Waals surface area (Å²) in [5.74, 6) is -0.796. The van der Waals surface area contributed by atoms with Gasteiger partial charge in [-0.25, -0.2) is 0 Å². The molecule has 1 aromatic rings. The molecule has 1 aliphatic carbocycles. The second-order valence-electron chi connectivity index (χ2n) is 4.57. The summed E-state index contributed by atoms with van der Waals surface area (Å²) in [6.45, 7) is 1.74. The summed E-state index contributed by atoms with van der Waals surface area (Å²) in [6, 6.07) is 1.79. The number of hydrogen-bond donors (Lipinski definition) is 3. The highest BCUT2D eigenvalue weighted by Crippen LogP contribution is 2.23. The van der Waals surface area contributed by atoms with Crippen LogP contribution >= 0.6 is 0 Å². The van der Waals surface area contributed by atoms with E-state index < -0.39 is 5.91 Å². The fourth-order valence-corrected chi connectivity index (χ4v) is 2.27. The molecule has 0 spiro atoms. The molecule has 106 valence electrons. The second-order valence-corrected chi connectivity index (χ2v) is 4.57. The quantitative estimate of drug-likeness (QED) is 0.419. The zero-order valence-electron chi connectivity index (χ0n) is 11.5. The van der Waals surface area contributed by atoms with E-state index in [4.69, 9.17) is 16.0 Å². The maximum atomic E-state index is 11.9. The topological polar surface area (TPSA) is 113 Å². The lowest BCUT2D eigenvalue weighted by Crippen LogP contribution is -2.36. The molecule has 2 rings (SSSR count). The van der Waals surface area contributed by atoms with E-state index in [1.54, 1.807) is 13.0 Å². The number of amides is 1. The van der Waals surface area contributed by atoms with Gasteiger partial charge in [0.15, 0.2) is 5.96 Å². The van der Waals surface area contributed by atoms with Gasteiger partial charge in [0.2, 0.25) is 0 Å². The largest absolute Gasteiger partial charge is 0.399 e. The van der Waals surface area contributed by atoms with Crippen LogP contribution in [0.3, 0.4) is 0 Å². The second kappa shape index (κ2) is 5.68. The molecule has 1 aromatic heterocycles. The van der Waals surface area contributed by atoms with Crippen LogP contribution in [0.15, 0.2) is 11.2 Å². The molecule has 0 aromatic carbocycles. The smallest absolute Gasteiger partial charge is 0.259 e. The first-order chi connectivity index (χ1) is 9.52. The van der Waals surface area contributed by atoms with Crippen molar-refractivity contribution in [3.8, 4) is 0 Å². The van der Waals surface area contributed by atoms with Gasteiger partial charge in [-0.1, -0.05) is 5.16 Å². The summed E-state index contributed by atoms with van der Waals surface area (Å²) in [7, 11) is 1.50. The van der Waals surface area contributed by atoms with Gasteiger partial charge in [-0.2, -0.15) is 0 Å². The number of carbonyl (C=O) groups excluding carboxylic acids is 1. The SMILES string of the molecule is CON=C1CCCc2cc(C(=O)NC(=N)N)c(C)nc21. The van der Waals surface area contributed by atoms with Crippen LogP contribution in [0.25, 0.3) is 0 Å². The Labute approximate surface area is 116 Å². The number of aromatic nitrogens is 1. The van der Waals surface area contributed by atoms with Gasteiger partial charge in [-0.15, -0.1) is 0 Å². The predicted octanol–water partition coefficient (Wildman–Crippen LogP) is 0.700. The van der Waals surface area contributed by atoms with Crippen LogP contribution in [0, 0.1) is 12.3 Å². The van der Waals surface area contributed by atoms with Crippen molar-refractivity contribution in [2.45, 2.75) is 26.2 Å². The zero-order valence-corrected chi connectivity index (χ0v) is 11.5. The van der Waals surface area contributed by atoms with Crippen molar-refractivity contribution in [1.82, 2.24) is 10.3 Å². The number of hydrogen-bond acceptors (Lipinski definition) is 5. The van der Waals surface area contributed by atoms with Gasteiger partial charge in [0.05, 0.1) is 17.0 Å². The standard InChI is InChI=1S/C13H17N5O2/c1-7-9(12(19)17-13(14)15)6-8-4-3-5-10(18-20-2)11(8)16-7/h6H,3-5H2,1-2H3,(H4,14,15,17,19). The third kappa shape index (κ3) is 2.76. The average Bonchev–Trinajstić information content (AvgIpc) is 2.38. The Balaban J connectivity index is 2.43. The lowest BCUT2D eigenvalue weighted by atomic mass is 9.92. The van der Waals surface area contributed by atoms with E-state index in [-0.39, 0.29) is 5.96 Å². The monoisotopic (exact) mass is 275 g/mol. The Kier molecular flexibility index (Phi) is 3.97. The Bertz CT molecular complexity index is 595. The minimum absolute atomic E-state index is 0.381. The molecule has 7 nitrogen and oxygen atoms in total. The van der Waals surface area contributed by atoms with Gasteiger partial charge in [0.1, 0.15) is 12.8 Å². The first-order valence-corrected chi connectivity index (χ1v) is 6.29. The van der Waals surface area contributed by atoms with E-state index in [2.05, 4.69) is 15.5 Å².